The van der Waals surface area contributed by atoms with Crippen molar-refractivity contribution in [1.29, 1.82) is 0 Å². The van der Waals surface area contributed by atoms with Gasteiger partial charge in [0.05, 0.1) is 10.6 Å². The molecule has 1 aromatic carbocycles. The van der Waals surface area contributed by atoms with Gasteiger partial charge in [-0.2, -0.15) is 0 Å². The zero-order chi connectivity index (χ0) is 24.4. The number of benzene rings is 1. The number of rotatable bonds is 8. The van der Waals surface area contributed by atoms with Crippen LogP contribution in [0.2, 0.25) is 0 Å². The van der Waals surface area contributed by atoms with E-state index >= 15 is 0 Å². The van der Waals surface area contributed by atoms with E-state index in [2.05, 4.69) is 12.2 Å². The number of carbonyl (C=O) groups excluding carboxylic acids is 2. The fourth-order valence-electron chi connectivity index (χ4n) is 4.44. The van der Waals surface area contributed by atoms with Gasteiger partial charge in [0.1, 0.15) is 4.83 Å². The van der Waals surface area contributed by atoms with Crippen molar-refractivity contribution in [3.8, 4) is 0 Å². The van der Waals surface area contributed by atoms with Gasteiger partial charge >= 0.3 is 0 Å². The van der Waals surface area contributed by atoms with Crippen LogP contribution in [0.25, 0.3) is 10.2 Å². The normalized spacial score (nSPS) is 16.3. The fourth-order valence-corrected chi connectivity index (χ4v) is 6.91. The van der Waals surface area contributed by atoms with Gasteiger partial charge < -0.3 is 5.32 Å². The van der Waals surface area contributed by atoms with Crippen molar-refractivity contribution in [3.63, 3.8) is 0 Å². The van der Waals surface area contributed by atoms with Gasteiger partial charge in [-0.15, -0.1) is 11.3 Å². The monoisotopic (exact) mass is 497 g/mol. The van der Waals surface area contributed by atoms with Gasteiger partial charge in [0.2, 0.25) is 5.91 Å². The molecule has 180 valence electrons. The molecule has 6 nitrogen and oxygen atoms in total. The average molecular weight is 498 g/mol. The Morgan fingerprint density at radius 2 is 2.03 bits per heavy atom. The predicted octanol–water partition coefficient (Wildman–Crippen LogP) is 4.64. The Bertz CT molecular complexity index is 1280. The number of hydrogen-bond acceptors (Lipinski definition) is 6. The number of nitrogens with one attached hydrogen (secondary N) is 1. The highest BCUT2D eigenvalue weighted by Crippen LogP contribution is 2.37. The number of fused-ring (bicyclic) bond motifs is 3. The van der Waals surface area contributed by atoms with Crippen molar-refractivity contribution in [2.24, 2.45) is 5.92 Å². The topological polar surface area (TPSA) is 81.1 Å². The van der Waals surface area contributed by atoms with Crippen LogP contribution in [0, 0.1) is 5.92 Å². The van der Waals surface area contributed by atoms with Gasteiger partial charge in [0.25, 0.3) is 5.56 Å². The molecule has 0 spiro atoms. The van der Waals surface area contributed by atoms with Crippen molar-refractivity contribution in [2.75, 3.05) is 6.54 Å². The van der Waals surface area contributed by atoms with Crippen LogP contribution in [0.1, 0.15) is 60.5 Å². The number of thioether (sulfide) groups is 1. The molecule has 0 saturated heterocycles. The van der Waals surface area contributed by atoms with Crippen molar-refractivity contribution in [1.82, 2.24) is 14.9 Å². The minimum atomic E-state index is -0.373. The fraction of sp³-hybridized carbons (Fsp3) is 0.462. The van der Waals surface area contributed by atoms with Crippen LogP contribution in [0.3, 0.4) is 0 Å². The summed E-state index contributed by atoms with van der Waals surface area (Å²) < 4.78 is 1.72. The summed E-state index contributed by atoms with van der Waals surface area (Å²) in [7, 11) is 0. The summed E-state index contributed by atoms with van der Waals surface area (Å²) in [5.74, 6) is 0.597. The largest absolute Gasteiger partial charge is 0.356 e. The lowest BCUT2D eigenvalue weighted by Gasteiger charge is -2.18. The van der Waals surface area contributed by atoms with Gasteiger partial charge in [0.15, 0.2) is 10.9 Å². The lowest BCUT2D eigenvalue weighted by molar-refractivity contribution is -0.118. The predicted molar refractivity (Wildman–Crippen MR) is 139 cm³/mol. The molecule has 1 aliphatic carbocycles. The molecule has 8 heteroatoms. The number of hydrogen-bond donors (Lipinski definition) is 1. The van der Waals surface area contributed by atoms with Crippen LogP contribution in [0.15, 0.2) is 34.2 Å². The van der Waals surface area contributed by atoms with E-state index in [9.17, 15) is 14.4 Å². The Labute approximate surface area is 208 Å². The molecule has 0 saturated carbocycles. The van der Waals surface area contributed by atoms with E-state index < -0.39 is 0 Å². The molecule has 2 atom stereocenters. The van der Waals surface area contributed by atoms with E-state index in [0.717, 1.165) is 35.0 Å². The molecular formula is C26H31N3O3S2. The third-order valence-electron chi connectivity index (χ3n) is 6.37. The second-order valence-corrected chi connectivity index (χ2v) is 11.4. The molecule has 1 amide bonds. The number of thiophene rings is 1. The SMILES string of the molecule is CCn1c(SC(C)C(=O)c2ccc(CCNC(C)=O)cc2)nc2sc3c(c2c1=O)CCC(C)C3. The van der Waals surface area contributed by atoms with Gasteiger partial charge in [0, 0.05) is 30.5 Å². The van der Waals surface area contributed by atoms with Crippen LogP contribution in [0.5, 0.6) is 0 Å². The molecule has 1 aliphatic rings. The third-order valence-corrected chi connectivity index (χ3v) is 8.61. The van der Waals surface area contributed by atoms with Crippen LogP contribution in [-0.4, -0.2) is 33.0 Å². The van der Waals surface area contributed by atoms with Gasteiger partial charge in [-0.3, -0.25) is 19.0 Å². The first kappa shape index (κ1) is 24.7. The molecule has 0 radical (unpaired) electrons. The first-order chi connectivity index (χ1) is 16.3. The average Bonchev–Trinajstić information content (AvgIpc) is 3.16. The minimum absolute atomic E-state index is 0.00899. The third kappa shape index (κ3) is 5.13. The highest BCUT2D eigenvalue weighted by atomic mass is 32.2. The van der Waals surface area contributed by atoms with E-state index in [0.29, 0.717) is 36.1 Å². The van der Waals surface area contributed by atoms with Crippen LogP contribution >= 0.6 is 23.1 Å². The number of amides is 1. The Kier molecular flexibility index (Phi) is 7.57. The Balaban J connectivity index is 1.54. The smallest absolute Gasteiger partial charge is 0.263 e. The maximum absolute atomic E-state index is 13.4. The maximum Gasteiger partial charge on any atom is 0.263 e. The van der Waals surface area contributed by atoms with Crippen molar-refractivity contribution >= 4 is 45.0 Å². The number of carbonyl (C=O) groups is 2. The van der Waals surface area contributed by atoms with Crippen molar-refractivity contribution in [2.45, 2.75) is 70.3 Å². The van der Waals surface area contributed by atoms with Crippen molar-refractivity contribution in [3.05, 3.63) is 56.2 Å². The number of Topliss-reactive ketones (excluding diaryl/α,β-unsaturated/α-hetero) is 1. The lowest BCUT2D eigenvalue weighted by Crippen LogP contribution is -2.25. The van der Waals surface area contributed by atoms with Gasteiger partial charge in [-0.25, -0.2) is 4.98 Å². The molecule has 34 heavy (non-hydrogen) atoms. The van der Waals surface area contributed by atoms with Crippen LogP contribution in [0.4, 0.5) is 0 Å². The molecule has 4 rings (SSSR count). The number of ketones is 1. The van der Waals surface area contributed by atoms with Crippen molar-refractivity contribution < 1.29 is 9.59 Å². The molecule has 2 heterocycles. The molecule has 2 aromatic heterocycles. The molecule has 0 fully saturated rings. The quantitative estimate of drug-likeness (QED) is 0.278. The summed E-state index contributed by atoms with van der Waals surface area (Å²) in [5.41, 5.74) is 2.91. The van der Waals surface area contributed by atoms with E-state index in [1.165, 1.54) is 29.1 Å². The first-order valence-electron chi connectivity index (χ1n) is 11.9. The summed E-state index contributed by atoms with van der Waals surface area (Å²) >= 11 is 3.00. The standard InChI is InChI=1S/C26H31N3O3S2/c1-5-29-25(32)22-20-11-6-15(2)14-21(20)34-24(22)28-26(29)33-16(3)23(31)19-9-7-18(8-10-19)12-13-27-17(4)30/h7-10,15-16H,5-6,11-14H2,1-4H3,(H,27,30). The Morgan fingerprint density at radius 3 is 2.71 bits per heavy atom. The molecule has 0 bridgehead atoms. The number of aromatic nitrogens is 2. The molecular weight excluding hydrogens is 466 g/mol. The summed E-state index contributed by atoms with van der Waals surface area (Å²) in [6, 6.07) is 7.52. The Morgan fingerprint density at radius 1 is 1.29 bits per heavy atom. The minimum Gasteiger partial charge on any atom is -0.356 e. The summed E-state index contributed by atoms with van der Waals surface area (Å²) in [6.07, 6.45) is 3.78. The van der Waals surface area contributed by atoms with Gasteiger partial charge in [-0.05, 0) is 56.6 Å². The zero-order valence-electron chi connectivity index (χ0n) is 20.1. The van der Waals surface area contributed by atoms with E-state index in [-0.39, 0.29) is 22.5 Å². The van der Waals surface area contributed by atoms with Crippen LogP contribution in [-0.2, 0) is 30.6 Å². The number of aryl methyl sites for hydroxylation is 1. The summed E-state index contributed by atoms with van der Waals surface area (Å²) in [5, 5.41) is 3.80. The lowest BCUT2D eigenvalue weighted by atomic mass is 9.89. The van der Waals surface area contributed by atoms with E-state index in [1.54, 1.807) is 15.9 Å². The second-order valence-electron chi connectivity index (χ2n) is 9.03. The summed E-state index contributed by atoms with van der Waals surface area (Å²) in [4.78, 5) is 44.5. The van der Waals surface area contributed by atoms with E-state index in [4.69, 9.17) is 4.98 Å². The zero-order valence-corrected chi connectivity index (χ0v) is 21.8. The molecule has 2 unspecified atom stereocenters. The van der Waals surface area contributed by atoms with E-state index in [1.807, 2.05) is 38.1 Å². The van der Waals surface area contributed by atoms with Gasteiger partial charge in [-0.1, -0.05) is 43.0 Å². The number of nitrogens with zero attached hydrogens (tertiary/aromatic N) is 2. The maximum atomic E-state index is 13.4. The highest BCUT2D eigenvalue weighted by Gasteiger charge is 2.26. The Hall–Kier alpha value is -2.45. The molecule has 0 aliphatic heterocycles. The second kappa shape index (κ2) is 10.4. The molecule has 3 aromatic rings. The highest BCUT2D eigenvalue weighted by molar-refractivity contribution is 8.00. The molecule has 1 N–H and O–H groups in total. The van der Waals surface area contributed by atoms with Crippen LogP contribution < -0.4 is 10.9 Å². The first-order valence-corrected chi connectivity index (χ1v) is 13.6. The summed E-state index contributed by atoms with van der Waals surface area (Å²) in [6.45, 7) is 8.67.